The number of aliphatic hydroxyl groups excluding tert-OH is 2. The molecule has 21 heavy (non-hydrogen) atoms. The largest absolute Gasteiger partial charge is 0.394 e. The van der Waals surface area contributed by atoms with Crippen LogP contribution in [0.15, 0.2) is 12.7 Å². The summed E-state index contributed by atoms with van der Waals surface area (Å²) < 4.78 is 19.9. The van der Waals surface area contributed by atoms with Crippen molar-refractivity contribution < 1.29 is 24.4 Å². The quantitative estimate of drug-likeness (QED) is 0.529. The molecule has 0 unspecified atom stereocenters. The van der Waals surface area contributed by atoms with Crippen molar-refractivity contribution in [3.8, 4) is 0 Å². The van der Waals surface area contributed by atoms with Gasteiger partial charge in [0.15, 0.2) is 23.3 Å². The van der Waals surface area contributed by atoms with Crippen molar-refractivity contribution in [2.75, 3.05) is 19.0 Å². The van der Waals surface area contributed by atoms with Crippen LogP contribution in [0.2, 0.25) is 0 Å². The molecule has 2 aromatic heterocycles. The standard InChI is InChI=1S/C11H14FN5O4/c12-2-11(20)7(19)5(1-18)21-10(11)17-4-16-6-8(13)14-3-15-9(6)17/h3-5,7,10,18-20H,1-2H2,(H2,13,14,15)/t5-,7-,10-,11+/m1/s1. The number of alkyl halides is 1. The molecule has 1 saturated heterocycles. The third-order valence-corrected chi connectivity index (χ3v) is 3.63. The molecule has 0 aromatic carbocycles. The van der Waals surface area contributed by atoms with Crippen LogP contribution in [0.3, 0.4) is 0 Å². The van der Waals surface area contributed by atoms with E-state index in [1.54, 1.807) is 0 Å². The smallest absolute Gasteiger partial charge is 0.171 e. The normalized spacial score (nSPS) is 32.9. The summed E-state index contributed by atoms with van der Waals surface area (Å²) in [4.78, 5) is 11.7. The molecule has 3 rings (SSSR count). The van der Waals surface area contributed by atoms with Gasteiger partial charge in [-0.15, -0.1) is 0 Å². The minimum absolute atomic E-state index is 0.125. The van der Waals surface area contributed by atoms with Gasteiger partial charge in [0, 0.05) is 0 Å². The highest BCUT2D eigenvalue weighted by atomic mass is 19.1. The Kier molecular flexibility index (Phi) is 3.24. The predicted molar refractivity (Wildman–Crippen MR) is 67.7 cm³/mol. The highest BCUT2D eigenvalue weighted by Gasteiger charge is 2.56. The van der Waals surface area contributed by atoms with Crippen LogP contribution in [-0.2, 0) is 4.74 Å². The van der Waals surface area contributed by atoms with Crippen molar-refractivity contribution in [3.05, 3.63) is 12.7 Å². The molecule has 10 heteroatoms. The van der Waals surface area contributed by atoms with Crippen LogP contribution < -0.4 is 5.73 Å². The molecule has 0 aliphatic carbocycles. The van der Waals surface area contributed by atoms with Crippen molar-refractivity contribution in [1.29, 1.82) is 0 Å². The van der Waals surface area contributed by atoms with E-state index in [1.807, 2.05) is 0 Å². The second-order valence-electron chi connectivity index (χ2n) is 4.86. The Balaban J connectivity index is 2.11. The fourth-order valence-electron chi connectivity index (χ4n) is 2.46. The highest BCUT2D eigenvalue weighted by molar-refractivity contribution is 5.81. The maximum absolute atomic E-state index is 13.3. The molecule has 114 valence electrons. The highest BCUT2D eigenvalue weighted by Crippen LogP contribution is 2.40. The maximum Gasteiger partial charge on any atom is 0.171 e. The third kappa shape index (κ3) is 1.87. The first-order valence-corrected chi connectivity index (χ1v) is 6.18. The van der Waals surface area contributed by atoms with E-state index in [9.17, 15) is 14.6 Å². The molecule has 3 heterocycles. The number of fused-ring (bicyclic) bond motifs is 1. The number of aromatic nitrogens is 4. The van der Waals surface area contributed by atoms with Crippen LogP contribution in [0.4, 0.5) is 10.2 Å². The molecule has 9 nitrogen and oxygen atoms in total. The van der Waals surface area contributed by atoms with E-state index < -0.39 is 37.3 Å². The van der Waals surface area contributed by atoms with E-state index >= 15 is 0 Å². The number of anilines is 1. The maximum atomic E-state index is 13.3. The Morgan fingerprint density at radius 1 is 1.43 bits per heavy atom. The molecule has 0 bridgehead atoms. The number of halogens is 1. The molecule has 0 amide bonds. The zero-order chi connectivity index (χ0) is 15.2. The van der Waals surface area contributed by atoms with Gasteiger partial charge >= 0.3 is 0 Å². The zero-order valence-corrected chi connectivity index (χ0v) is 10.8. The SMILES string of the molecule is Nc1ncnc2c1ncn2[C@@H]1O[C@H](CO)[C@@H](O)[C@@]1(O)CF. The first-order chi connectivity index (χ1) is 10.0. The van der Waals surface area contributed by atoms with Gasteiger partial charge in [-0.25, -0.2) is 19.3 Å². The number of imidazole rings is 1. The van der Waals surface area contributed by atoms with Gasteiger partial charge < -0.3 is 25.8 Å². The number of nitrogens with zero attached hydrogens (tertiary/aromatic N) is 4. The second-order valence-corrected chi connectivity index (χ2v) is 4.86. The number of ether oxygens (including phenoxy) is 1. The lowest BCUT2D eigenvalue weighted by molar-refractivity contribution is -0.118. The average molecular weight is 299 g/mol. The van der Waals surface area contributed by atoms with Crippen molar-refractivity contribution >= 4 is 17.0 Å². The van der Waals surface area contributed by atoms with E-state index in [1.165, 1.54) is 17.2 Å². The molecular formula is C11H14FN5O4. The molecule has 0 saturated carbocycles. The zero-order valence-electron chi connectivity index (χ0n) is 10.8. The molecule has 0 radical (unpaired) electrons. The first-order valence-electron chi connectivity index (χ1n) is 6.18. The molecular weight excluding hydrogens is 285 g/mol. The van der Waals surface area contributed by atoms with Crippen molar-refractivity contribution in [1.82, 2.24) is 19.5 Å². The Morgan fingerprint density at radius 2 is 2.19 bits per heavy atom. The third-order valence-electron chi connectivity index (χ3n) is 3.63. The fraction of sp³-hybridized carbons (Fsp3) is 0.545. The number of aliphatic hydroxyl groups is 3. The lowest BCUT2D eigenvalue weighted by Crippen LogP contribution is -2.48. The average Bonchev–Trinajstić information content (AvgIpc) is 3.01. The van der Waals surface area contributed by atoms with Crippen molar-refractivity contribution in [3.63, 3.8) is 0 Å². The van der Waals surface area contributed by atoms with Crippen LogP contribution in [0.1, 0.15) is 6.23 Å². The van der Waals surface area contributed by atoms with Gasteiger partial charge in [-0.3, -0.25) is 4.57 Å². The van der Waals surface area contributed by atoms with Gasteiger partial charge in [-0.2, -0.15) is 0 Å². The van der Waals surface area contributed by atoms with Crippen LogP contribution in [0, 0.1) is 0 Å². The van der Waals surface area contributed by atoms with Crippen LogP contribution in [0.25, 0.3) is 11.2 Å². The lowest BCUT2D eigenvalue weighted by Gasteiger charge is -2.28. The Bertz CT molecular complexity index is 667. The van der Waals surface area contributed by atoms with Crippen LogP contribution in [-0.4, -0.2) is 65.9 Å². The minimum atomic E-state index is -2.22. The Morgan fingerprint density at radius 3 is 2.86 bits per heavy atom. The number of hydrogen-bond acceptors (Lipinski definition) is 8. The minimum Gasteiger partial charge on any atom is -0.394 e. The molecule has 0 spiro atoms. The van der Waals surface area contributed by atoms with Crippen molar-refractivity contribution in [2.45, 2.75) is 24.0 Å². The second kappa shape index (κ2) is 4.84. The monoisotopic (exact) mass is 299 g/mol. The van der Waals surface area contributed by atoms with E-state index in [2.05, 4.69) is 15.0 Å². The molecule has 4 atom stereocenters. The van der Waals surface area contributed by atoms with E-state index in [4.69, 9.17) is 15.6 Å². The summed E-state index contributed by atoms with van der Waals surface area (Å²) in [6.07, 6.45) is -1.55. The molecule has 1 fully saturated rings. The summed E-state index contributed by atoms with van der Waals surface area (Å²) in [5, 5.41) is 29.4. The number of hydrogen-bond donors (Lipinski definition) is 4. The summed E-state index contributed by atoms with van der Waals surface area (Å²) >= 11 is 0. The number of rotatable bonds is 3. The number of nitrogens with two attached hydrogens (primary N) is 1. The van der Waals surface area contributed by atoms with Gasteiger partial charge in [0.05, 0.1) is 12.9 Å². The predicted octanol–water partition coefficient (Wildman–Crippen LogP) is -1.64. The summed E-state index contributed by atoms with van der Waals surface area (Å²) in [5.74, 6) is 0.125. The van der Waals surface area contributed by atoms with Gasteiger partial charge in [-0.1, -0.05) is 0 Å². The summed E-state index contributed by atoms with van der Waals surface area (Å²) in [7, 11) is 0. The fourth-order valence-corrected chi connectivity index (χ4v) is 2.46. The lowest BCUT2D eigenvalue weighted by atomic mass is 9.95. The van der Waals surface area contributed by atoms with Crippen molar-refractivity contribution in [2.24, 2.45) is 0 Å². The molecule has 5 N–H and O–H groups in total. The number of nitrogen functional groups attached to an aromatic ring is 1. The first kappa shape index (κ1) is 14.1. The Labute approximate surface area is 117 Å². The molecule has 2 aromatic rings. The van der Waals surface area contributed by atoms with E-state index in [-0.39, 0.29) is 17.0 Å². The summed E-state index contributed by atoms with van der Waals surface area (Å²) in [5.41, 5.74) is 3.93. The molecule has 1 aliphatic heterocycles. The van der Waals surface area contributed by atoms with Gasteiger partial charge in [0.1, 0.15) is 30.7 Å². The van der Waals surface area contributed by atoms with E-state index in [0.717, 1.165) is 0 Å². The van der Waals surface area contributed by atoms with Gasteiger partial charge in [-0.05, 0) is 0 Å². The van der Waals surface area contributed by atoms with Gasteiger partial charge in [0.25, 0.3) is 0 Å². The Hall–Kier alpha value is -1.88. The summed E-state index contributed by atoms with van der Waals surface area (Å²) in [6.45, 7) is -1.83. The summed E-state index contributed by atoms with van der Waals surface area (Å²) in [6, 6.07) is 0. The van der Waals surface area contributed by atoms with Crippen LogP contribution >= 0.6 is 0 Å². The van der Waals surface area contributed by atoms with E-state index in [0.29, 0.717) is 0 Å². The topological polar surface area (TPSA) is 140 Å². The van der Waals surface area contributed by atoms with Gasteiger partial charge in [0.2, 0.25) is 0 Å². The molecule has 1 aliphatic rings. The van der Waals surface area contributed by atoms with Crippen LogP contribution in [0.5, 0.6) is 0 Å².